The molecule has 0 bridgehead atoms. The summed E-state index contributed by atoms with van der Waals surface area (Å²) >= 11 is 8.37. The zero-order chi connectivity index (χ0) is 72.2. The van der Waals surface area contributed by atoms with Gasteiger partial charge in [0, 0.05) is 83.9 Å². The van der Waals surface area contributed by atoms with Crippen molar-refractivity contribution >= 4 is 105 Å². The Morgan fingerprint density at radius 3 is 1.79 bits per heavy atom. The zero-order valence-electron chi connectivity index (χ0n) is 59.0. The van der Waals surface area contributed by atoms with Crippen LogP contribution in [0.15, 0.2) is 78.9 Å². The van der Waals surface area contributed by atoms with Gasteiger partial charge in [-0.25, -0.2) is 0 Å². The van der Waals surface area contributed by atoms with Gasteiger partial charge >= 0.3 is 0 Å². The third kappa shape index (κ3) is 22.7. The van der Waals surface area contributed by atoms with Gasteiger partial charge in [-0.15, -0.1) is 0 Å². The number of likely N-dealkylation sites (tertiary alicyclic amines) is 1. The third-order valence-electron chi connectivity index (χ3n) is 18.6. The number of nitrogens with one attached hydrogen (secondary N) is 4. The number of amides is 12. The van der Waals surface area contributed by atoms with Crippen LogP contribution in [-0.4, -0.2) is 240 Å². The molecule has 2 fully saturated rings. The predicted molar refractivity (Wildman–Crippen MR) is 379 cm³/mol. The molecule has 1 unspecified atom stereocenters. The minimum Gasteiger partial charge on any atom is -0.343 e. The minimum atomic E-state index is -1.72. The maximum absolute atomic E-state index is 15.3. The van der Waals surface area contributed by atoms with Gasteiger partial charge in [-0.2, -0.15) is 0 Å². The van der Waals surface area contributed by atoms with Gasteiger partial charge in [0.15, 0.2) is 0 Å². The molecule has 5 rings (SSSR count). The van der Waals surface area contributed by atoms with Crippen molar-refractivity contribution in [2.45, 2.75) is 173 Å². The second kappa shape index (κ2) is 37.3. The SMILES string of the molecule is CCCC[C@@H]1NC(=O)[C@H](Cc2cccc(I)c2)NC(=O)CN(C)C(=O)[C@H](Cc2ccc(Cl)cc2)N(C)C(=O)CN(C)C(=O)CN(C)C(=O)[C@H]([C@@H](C)CC)NC(=O)[C@H](CC(C)C)N(C)C(=O)CC(C(=O)N2CCCC2)N(C)C(=O)[C@H](CCc2ccccc2)NC(=O)C(C)(C)N(C)C1=O. The van der Waals surface area contributed by atoms with Crippen molar-refractivity contribution in [2.75, 3.05) is 82.1 Å². The molecule has 12 amide bonds. The Balaban J connectivity index is 1.63. The maximum Gasteiger partial charge on any atom is 0.246 e. The van der Waals surface area contributed by atoms with Gasteiger partial charge in [-0.3, -0.25) is 57.5 Å². The number of carbonyl (C=O) groups is 12. The summed E-state index contributed by atoms with van der Waals surface area (Å²) in [5.41, 5.74) is 0.379. The Kier molecular flexibility index (Phi) is 30.8. The Labute approximate surface area is 591 Å². The summed E-state index contributed by atoms with van der Waals surface area (Å²) in [6, 6.07) is 14.2. The first-order valence-electron chi connectivity index (χ1n) is 33.5. The van der Waals surface area contributed by atoms with Crippen molar-refractivity contribution in [3.05, 3.63) is 104 Å². The largest absolute Gasteiger partial charge is 0.343 e. The van der Waals surface area contributed by atoms with Crippen LogP contribution in [0.2, 0.25) is 5.02 Å². The molecule has 2 heterocycles. The van der Waals surface area contributed by atoms with E-state index in [1.54, 1.807) is 48.2 Å². The molecule has 532 valence electrons. The number of halogens is 2. The predicted octanol–water partition coefficient (Wildman–Crippen LogP) is 4.70. The summed E-state index contributed by atoms with van der Waals surface area (Å²) in [5.74, 6) is -8.78. The molecule has 97 heavy (non-hydrogen) atoms. The van der Waals surface area contributed by atoms with E-state index in [4.69, 9.17) is 11.6 Å². The van der Waals surface area contributed by atoms with Gasteiger partial charge < -0.3 is 60.5 Å². The molecule has 2 aliphatic heterocycles. The maximum atomic E-state index is 15.3. The lowest BCUT2D eigenvalue weighted by molar-refractivity contribution is -0.151. The summed E-state index contributed by atoms with van der Waals surface area (Å²) < 4.78 is 0.842. The number of aryl methyl sites for hydroxylation is 1. The molecule has 2 saturated heterocycles. The first kappa shape index (κ1) is 80.0. The topological polar surface area (TPSA) is 279 Å². The van der Waals surface area contributed by atoms with E-state index in [9.17, 15) is 43.2 Å². The van der Waals surface area contributed by atoms with Crippen molar-refractivity contribution in [2.24, 2.45) is 11.8 Å². The van der Waals surface area contributed by atoms with E-state index in [-0.39, 0.29) is 44.4 Å². The van der Waals surface area contributed by atoms with Crippen LogP contribution in [0.5, 0.6) is 0 Å². The lowest BCUT2D eigenvalue weighted by Crippen LogP contribution is -2.63. The second-order valence-corrected chi connectivity index (χ2v) is 28.6. The number of carbonyl (C=O) groups excluding carboxylic acids is 12. The van der Waals surface area contributed by atoms with Crippen LogP contribution < -0.4 is 21.3 Å². The Morgan fingerprint density at radius 2 is 1.19 bits per heavy atom. The van der Waals surface area contributed by atoms with E-state index in [0.717, 1.165) is 23.8 Å². The molecule has 24 nitrogen and oxygen atoms in total. The Hall–Kier alpha value is -7.68. The highest BCUT2D eigenvalue weighted by atomic mass is 127. The Morgan fingerprint density at radius 1 is 0.588 bits per heavy atom. The van der Waals surface area contributed by atoms with Crippen LogP contribution in [0.25, 0.3) is 0 Å². The highest BCUT2D eigenvalue weighted by molar-refractivity contribution is 14.1. The van der Waals surface area contributed by atoms with Crippen molar-refractivity contribution < 1.29 is 57.5 Å². The van der Waals surface area contributed by atoms with Gasteiger partial charge in [-0.1, -0.05) is 120 Å². The number of likely N-dealkylation sites (N-methyl/N-ethyl adjacent to an activating group) is 7. The molecule has 4 N–H and O–H groups in total. The van der Waals surface area contributed by atoms with Gasteiger partial charge in [0.25, 0.3) is 0 Å². The fourth-order valence-electron chi connectivity index (χ4n) is 11.7. The zero-order valence-corrected chi connectivity index (χ0v) is 61.9. The molecule has 2 aliphatic rings. The second-order valence-electron chi connectivity index (χ2n) is 26.9. The Bertz CT molecular complexity index is 3260. The third-order valence-corrected chi connectivity index (χ3v) is 19.6. The van der Waals surface area contributed by atoms with E-state index >= 15 is 14.4 Å². The molecule has 0 spiro atoms. The minimum absolute atomic E-state index is 0.0192. The molecule has 3 aromatic rings. The van der Waals surface area contributed by atoms with Crippen LogP contribution in [0.3, 0.4) is 0 Å². The van der Waals surface area contributed by atoms with Crippen LogP contribution in [0.1, 0.15) is 123 Å². The molecule has 0 radical (unpaired) electrons. The number of benzene rings is 3. The average molecular weight is 1480 g/mol. The van der Waals surface area contributed by atoms with E-state index in [1.807, 2.05) is 70.2 Å². The fourth-order valence-corrected chi connectivity index (χ4v) is 12.5. The highest BCUT2D eigenvalue weighted by Gasteiger charge is 2.44. The van der Waals surface area contributed by atoms with Crippen LogP contribution in [-0.2, 0) is 76.8 Å². The van der Waals surface area contributed by atoms with Crippen LogP contribution >= 0.6 is 34.2 Å². The van der Waals surface area contributed by atoms with Crippen molar-refractivity contribution in [3.8, 4) is 0 Å². The van der Waals surface area contributed by atoms with Gasteiger partial charge in [0.05, 0.1) is 26.1 Å². The van der Waals surface area contributed by atoms with E-state index in [2.05, 4.69) is 43.9 Å². The summed E-state index contributed by atoms with van der Waals surface area (Å²) in [6.45, 7) is 11.3. The summed E-state index contributed by atoms with van der Waals surface area (Å²) in [5, 5.41) is 11.9. The average Bonchev–Trinajstić information content (AvgIpc) is 1.42. The normalized spacial score (nSPS) is 23.4. The van der Waals surface area contributed by atoms with Crippen LogP contribution in [0.4, 0.5) is 0 Å². The molecular formula is C71H102ClIN12O12. The number of rotatable bonds is 15. The number of hydrogen-bond donors (Lipinski definition) is 4. The van der Waals surface area contributed by atoms with Crippen LogP contribution in [0, 0.1) is 15.4 Å². The molecule has 0 aliphatic carbocycles. The monoisotopic (exact) mass is 1480 g/mol. The molecule has 8 atom stereocenters. The summed E-state index contributed by atoms with van der Waals surface area (Å²) in [7, 11) is 9.77. The van der Waals surface area contributed by atoms with E-state index in [0.29, 0.717) is 61.3 Å². The standard InChI is InChI=1S/C71H102ClIN12O12/c1-15-17-28-52-66(93)84(14)71(6,7)70(97)76-53(34-31-47-24-19-18-20-25-47)65(92)83(13)57(68(95)85-35-21-22-36-85)41-59(87)81(11)55(37-45(3)4)64(91)77-62(46(5)16-2)69(96)80(10)43-60(88)78(8)44-61(89)82(12)56(40-48-29-32-50(72)33-30-48)67(94)79(9)42-58(86)74-54(63(90)75-52)39-49-26-23-27-51(73)38-49/h18-20,23-27,29-30,32-33,38,45-46,52-57,62H,15-17,21-22,28,31,34-37,39-44H2,1-14H3,(H,74,86)(H,75,90)(H,76,97)(H,77,91)/t46-,52-,53-,54-,55-,56-,57?,62-/m0/s1. The van der Waals surface area contributed by atoms with E-state index < -0.39 is 151 Å². The van der Waals surface area contributed by atoms with Gasteiger partial charge in [-0.05, 0) is 128 Å². The van der Waals surface area contributed by atoms with Gasteiger partial charge in [0.1, 0.15) is 47.8 Å². The molecule has 0 aromatic heterocycles. The quantitative estimate of drug-likeness (QED) is 0.151. The molecule has 3 aromatic carbocycles. The smallest absolute Gasteiger partial charge is 0.246 e. The highest BCUT2D eigenvalue weighted by Crippen LogP contribution is 2.24. The first-order valence-corrected chi connectivity index (χ1v) is 35.0. The molecular weight excluding hydrogens is 1380 g/mol. The molecule has 0 saturated carbocycles. The summed E-state index contributed by atoms with van der Waals surface area (Å²) in [6.07, 6.45) is 2.72. The first-order chi connectivity index (χ1) is 45.7. The van der Waals surface area contributed by atoms with Crippen molar-refractivity contribution in [3.63, 3.8) is 0 Å². The van der Waals surface area contributed by atoms with Gasteiger partial charge in [0.2, 0.25) is 70.9 Å². The lowest BCUT2D eigenvalue weighted by Gasteiger charge is -2.39. The fraction of sp³-hybridized carbons (Fsp3) is 0.577. The number of hydrogen-bond acceptors (Lipinski definition) is 12. The summed E-state index contributed by atoms with van der Waals surface area (Å²) in [4.78, 5) is 187. The van der Waals surface area contributed by atoms with Crippen molar-refractivity contribution in [1.82, 2.24) is 60.5 Å². The lowest BCUT2D eigenvalue weighted by atomic mass is 9.95. The number of unbranched alkanes of at least 4 members (excludes halogenated alkanes) is 1. The van der Waals surface area contributed by atoms with E-state index in [1.165, 1.54) is 82.8 Å². The van der Waals surface area contributed by atoms with Crippen molar-refractivity contribution in [1.29, 1.82) is 0 Å². The number of nitrogens with zero attached hydrogens (tertiary/aromatic N) is 8. The molecule has 26 heteroatoms.